The maximum absolute atomic E-state index is 12.3. The van der Waals surface area contributed by atoms with Gasteiger partial charge in [-0.2, -0.15) is 0 Å². The number of aryl methyl sites for hydroxylation is 1. The number of benzene rings is 2. The number of sulfonamides is 1. The summed E-state index contributed by atoms with van der Waals surface area (Å²) in [5.41, 5.74) is 3.43. The minimum Gasteiger partial charge on any atom is -0.495 e. The van der Waals surface area contributed by atoms with Crippen molar-refractivity contribution in [2.45, 2.75) is 39.5 Å². The van der Waals surface area contributed by atoms with Crippen LogP contribution in [0.3, 0.4) is 0 Å². The Morgan fingerprint density at radius 2 is 1.77 bits per heavy atom. The smallest absolute Gasteiger partial charge is 0.233 e. The first-order valence-electron chi connectivity index (χ1n) is 9.73. The van der Waals surface area contributed by atoms with Crippen LogP contribution in [0.2, 0.25) is 0 Å². The molecule has 30 heavy (non-hydrogen) atoms. The third-order valence-electron chi connectivity index (χ3n) is 4.51. The van der Waals surface area contributed by atoms with E-state index in [0.717, 1.165) is 22.1 Å². The Bertz CT molecular complexity index is 1000. The number of anilines is 1. The minimum atomic E-state index is -3.63. The molecule has 0 bridgehead atoms. The van der Waals surface area contributed by atoms with Crippen LogP contribution in [-0.2, 0) is 20.2 Å². The number of carbonyl (C=O) groups is 1. The van der Waals surface area contributed by atoms with Gasteiger partial charge in [0.25, 0.3) is 0 Å². The molecule has 0 unspecified atom stereocenters. The van der Waals surface area contributed by atoms with Crippen LogP contribution in [0.1, 0.15) is 43.9 Å². The summed E-state index contributed by atoms with van der Waals surface area (Å²) in [6, 6.07) is 13.2. The van der Waals surface area contributed by atoms with Crippen LogP contribution in [0, 0.1) is 6.92 Å². The number of hydrogen-bond acceptors (Lipinski definition) is 4. The lowest BCUT2D eigenvalue weighted by molar-refractivity contribution is -0.116. The van der Waals surface area contributed by atoms with Crippen molar-refractivity contribution in [1.29, 1.82) is 0 Å². The summed E-state index contributed by atoms with van der Waals surface area (Å²) in [6.07, 6.45) is 1.52. The molecule has 0 fully saturated rings. The van der Waals surface area contributed by atoms with Crippen molar-refractivity contribution < 1.29 is 17.9 Å². The Morgan fingerprint density at radius 1 is 1.10 bits per heavy atom. The van der Waals surface area contributed by atoms with Crippen molar-refractivity contribution in [3.8, 4) is 5.75 Å². The second-order valence-electron chi connectivity index (χ2n) is 8.12. The first-order chi connectivity index (χ1) is 14.0. The number of ether oxygens (including phenoxy) is 1. The molecule has 0 radical (unpaired) electrons. The molecule has 0 aromatic heterocycles. The van der Waals surface area contributed by atoms with E-state index in [2.05, 4.69) is 30.8 Å². The monoisotopic (exact) mass is 430 g/mol. The highest BCUT2D eigenvalue weighted by atomic mass is 32.2. The van der Waals surface area contributed by atoms with E-state index in [4.69, 9.17) is 4.74 Å². The van der Waals surface area contributed by atoms with Gasteiger partial charge in [-0.25, -0.2) is 13.1 Å². The lowest BCUT2D eigenvalue weighted by atomic mass is 9.87. The molecule has 2 aromatic carbocycles. The van der Waals surface area contributed by atoms with E-state index < -0.39 is 10.0 Å². The number of amides is 1. The highest BCUT2D eigenvalue weighted by Crippen LogP contribution is 2.31. The van der Waals surface area contributed by atoms with E-state index in [9.17, 15) is 13.2 Å². The lowest BCUT2D eigenvalue weighted by Crippen LogP contribution is -2.26. The maximum atomic E-state index is 12.3. The first kappa shape index (κ1) is 23.6. The van der Waals surface area contributed by atoms with Crippen LogP contribution < -0.4 is 14.8 Å². The highest BCUT2D eigenvalue weighted by molar-refractivity contribution is 7.92. The lowest BCUT2D eigenvalue weighted by Gasteiger charge is -2.21. The molecule has 0 spiro atoms. The summed E-state index contributed by atoms with van der Waals surface area (Å²) in [6.45, 7) is 8.21. The second-order valence-corrected chi connectivity index (χ2v) is 9.77. The van der Waals surface area contributed by atoms with Gasteiger partial charge in [-0.05, 0) is 41.7 Å². The van der Waals surface area contributed by atoms with Crippen molar-refractivity contribution in [3.05, 3.63) is 64.6 Å². The van der Waals surface area contributed by atoms with E-state index in [-0.39, 0.29) is 24.3 Å². The molecule has 7 heteroatoms. The fraction of sp³-hybridized carbons (Fsp3) is 0.348. The predicted octanol–water partition coefficient (Wildman–Crippen LogP) is 4.22. The van der Waals surface area contributed by atoms with Gasteiger partial charge in [0.2, 0.25) is 15.9 Å². The molecule has 162 valence electrons. The average Bonchev–Trinajstić information content (AvgIpc) is 2.66. The molecule has 6 nitrogen and oxygen atoms in total. The number of carbonyl (C=O) groups excluding carboxylic acids is 1. The quantitative estimate of drug-likeness (QED) is 0.657. The number of methoxy groups -OCH3 is 1. The summed E-state index contributed by atoms with van der Waals surface area (Å²) in [5, 5.41) is 3.91. The summed E-state index contributed by atoms with van der Waals surface area (Å²) < 4.78 is 32.0. The van der Waals surface area contributed by atoms with E-state index in [1.54, 1.807) is 0 Å². The fourth-order valence-electron chi connectivity index (χ4n) is 2.69. The van der Waals surface area contributed by atoms with Crippen LogP contribution in [0.4, 0.5) is 5.69 Å². The Kier molecular flexibility index (Phi) is 7.81. The van der Waals surface area contributed by atoms with Crippen molar-refractivity contribution >= 4 is 27.7 Å². The molecule has 0 heterocycles. The predicted molar refractivity (Wildman–Crippen MR) is 122 cm³/mol. The zero-order valence-corrected chi connectivity index (χ0v) is 19.0. The molecule has 2 aromatic rings. The van der Waals surface area contributed by atoms with Crippen molar-refractivity contribution in [2.75, 3.05) is 19.0 Å². The number of nitrogens with one attached hydrogen (secondary N) is 2. The van der Waals surface area contributed by atoms with Crippen LogP contribution >= 0.6 is 0 Å². The first-order valence-corrected chi connectivity index (χ1v) is 11.3. The topological polar surface area (TPSA) is 84.5 Å². The van der Waals surface area contributed by atoms with E-state index >= 15 is 0 Å². The summed E-state index contributed by atoms with van der Waals surface area (Å²) >= 11 is 0. The summed E-state index contributed by atoms with van der Waals surface area (Å²) in [5.74, 6) is 0.252. The molecular formula is C23H30N2O4S. The van der Waals surface area contributed by atoms with Gasteiger partial charge >= 0.3 is 0 Å². The van der Waals surface area contributed by atoms with Crippen LogP contribution in [0.5, 0.6) is 5.75 Å². The van der Waals surface area contributed by atoms with Crippen LogP contribution in [0.15, 0.2) is 47.9 Å². The number of rotatable bonds is 8. The summed E-state index contributed by atoms with van der Waals surface area (Å²) in [4.78, 5) is 12.3. The molecular weight excluding hydrogens is 400 g/mol. The SMILES string of the molecule is COc1ccc(C(C)(C)C)cc1NC(=O)CCNS(=O)(=O)/C=C/c1ccc(C)cc1. The van der Waals surface area contributed by atoms with Gasteiger partial charge in [0.1, 0.15) is 5.75 Å². The van der Waals surface area contributed by atoms with Gasteiger partial charge in [0.05, 0.1) is 12.8 Å². The Morgan fingerprint density at radius 3 is 2.37 bits per heavy atom. The van der Waals surface area contributed by atoms with E-state index in [1.165, 1.54) is 13.2 Å². The fourth-order valence-corrected chi connectivity index (χ4v) is 3.50. The Labute approximate surface area is 179 Å². The largest absolute Gasteiger partial charge is 0.495 e. The van der Waals surface area contributed by atoms with Crippen molar-refractivity contribution in [1.82, 2.24) is 4.72 Å². The minimum absolute atomic E-state index is 0.000497. The van der Waals surface area contributed by atoms with Gasteiger partial charge in [-0.1, -0.05) is 56.7 Å². The molecule has 0 saturated heterocycles. The standard InChI is InChI=1S/C23H30N2O4S/c1-17-6-8-18(9-7-17)13-15-30(27,28)24-14-12-22(26)25-20-16-19(23(2,3)4)10-11-21(20)29-5/h6-11,13,15-16,24H,12,14H2,1-5H3,(H,25,26)/b15-13+. The van der Waals surface area contributed by atoms with Gasteiger partial charge in [0.15, 0.2) is 0 Å². The normalized spacial score (nSPS) is 12.2. The van der Waals surface area contributed by atoms with E-state index in [1.807, 2.05) is 49.4 Å². The molecule has 0 atom stereocenters. The van der Waals surface area contributed by atoms with Crippen molar-refractivity contribution in [2.24, 2.45) is 0 Å². The zero-order valence-electron chi connectivity index (χ0n) is 18.2. The zero-order chi connectivity index (χ0) is 22.4. The molecule has 1 amide bonds. The Balaban J connectivity index is 1.93. The molecule has 0 saturated carbocycles. The second kappa shape index (κ2) is 9.91. The third kappa shape index (κ3) is 7.31. The average molecular weight is 431 g/mol. The van der Waals surface area contributed by atoms with E-state index in [0.29, 0.717) is 11.4 Å². The third-order valence-corrected chi connectivity index (χ3v) is 5.61. The highest BCUT2D eigenvalue weighted by Gasteiger charge is 2.17. The number of hydrogen-bond donors (Lipinski definition) is 2. The Hall–Kier alpha value is -2.64. The van der Waals surface area contributed by atoms with Crippen molar-refractivity contribution in [3.63, 3.8) is 0 Å². The molecule has 2 N–H and O–H groups in total. The molecule has 2 rings (SSSR count). The maximum Gasteiger partial charge on any atom is 0.233 e. The van der Waals surface area contributed by atoms with Crippen LogP contribution in [-0.4, -0.2) is 28.0 Å². The molecule has 0 aliphatic carbocycles. The van der Waals surface area contributed by atoms with Gasteiger partial charge in [-0.3, -0.25) is 4.79 Å². The molecule has 0 aliphatic heterocycles. The van der Waals surface area contributed by atoms with Gasteiger partial charge < -0.3 is 10.1 Å². The van der Waals surface area contributed by atoms with Gasteiger partial charge in [-0.15, -0.1) is 0 Å². The van der Waals surface area contributed by atoms with Gasteiger partial charge in [0, 0.05) is 18.4 Å². The molecule has 0 aliphatic rings. The summed E-state index contributed by atoms with van der Waals surface area (Å²) in [7, 11) is -2.09. The van der Waals surface area contributed by atoms with Crippen LogP contribution in [0.25, 0.3) is 6.08 Å².